The van der Waals surface area contributed by atoms with Crippen LogP contribution in [0.2, 0.25) is 0 Å². The van der Waals surface area contributed by atoms with Crippen molar-refractivity contribution in [3.8, 4) is 0 Å². The van der Waals surface area contributed by atoms with Gasteiger partial charge in [0.2, 0.25) is 0 Å². The molecule has 0 aliphatic rings. The van der Waals surface area contributed by atoms with Crippen molar-refractivity contribution in [2.75, 3.05) is 20.1 Å². The van der Waals surface area contributed by atoms with E-state index in [1.165, 1.54) is 0 Å². The second kappa shape index (κ2) is 7.62. The minimum absolute atomic E-state index is 0.221. The van der Waals surface area contributed by atoms with Crippen LogP contribution in [0.4, 0.5) is 0 Å². The molecule has 0 radical (unpaired) electrons. The van der Waals surface area contributed by atoms with Crippen molar-refractivity contribution in [1.82, 2.24) is 4.90 Å². The number of carbonyl (C=O) groups excluding carboxylic acids is 2. The lowest BCUT2D eigenvalue weighted by atomic mass is 10.2. The zero-order valence-corrected chi connectivity index (χ0v) is 13.9. The number of hydrogen-bond acceptors (Lipinski definition) is 5. The first-order valence-electron chi connectivity index (χ1n) is 7.01. The van der Waals surface area contributed by atoms with E-state index in [-0.39, 0.29) is 11.9 Å². The highest BCUT2D eigenvalue weighted by atomic mass is 16.6. The lowest BCUT2D eigenvalue weighted by Gasteiger charge is -2.22. The second-order valence-electron chi connectivity index (χ2n) is 6.98. The molecule has 0 aromatic carbocycles. The third-order valence-corrected chi connectivity index (χ3v) is 2.24. The number of rotatable bonds is 6. The minimum atomic E-state index is -0.452. The predicted octanol–water partition coefficient (Wildman–Crippen LogP) is 2.38. The fourth-order valence-electron chi connectivity index (χ4n) is 1.46. The minimum Gasteiger partial charge on any atom is -0.460 e. The van der Waals surface area contributed by atoms with E-state index in [1.807, 2.05) is 53.5 Å². The Morgan fingerprint density at radius 1 is 0.800 bits per heavy atom. The van der Waals surface area contributed by atoms with E-state index in [2.05, 4.69) is 0 Å². The van der Waals surface area contributed by atoms with E-state index in [9.17, 15) is 9.59 Å². The summed E-state index contributed by atoms with van der Waals surface area (Å²) in [5, 5.41) is 0. The van der Waals surface area contributed by atoms with Gasteiger partial charge in [-0.3, -0.25) is 9.59 Å². The van der Waals surface area contributed by atoms with Crippen LogP contribution in [0.15, 0.2) is 0 Å². The summed E-state index contributed by atoms with van der Waals surface area (Å²) >= 11 is 0. The van der Waals surface area contributed by atoms with Crippen LogP contribution < -0.4 is 0 Å². The largest absolute Gasteiger partial charge is 0.460 e. The Morgan fingerprint density at radius 3 is 1.35 bits per heavy atom. The molecule has 0 atom stereocenters. The summed E-state index contributed by atoms with van der Waals surface area (Å²) in [6.45, 7) is 12.2. The molecule has 5 heteroatoms. The molecule has 0 aliphatic carbocycles. The zero-order valence-electron chi connectivity index (χ0n) is 13.9. The van der Waals surface area contributed by atoms with Crippen molar-refractivity contribution >= 4 is 11.9 Å². The Bertz CT molecular complexity index is 294. The van der Waals surface area contributed by atoms with Crippen LogP contribution in [0, 0.1) is 0 Å². The van der Waals surface area contributed by atoms with Crippen LogP contribution in [0.25, 0.3) is 0 Å². The number of esters is 2. The van der Waals surface area contributed by atoms with Gasteiger partial charge in [0.05, 0.1) is 12.8 Å². The third-order valence-electron chi connectivity index (χ3n) is 2.24. The van der Waals surface area contributed by atoms with Gasteiger partial charge in [0.15, 0.2) is 0 Å². The van der Waals surface area contributed by atoms with Crippen molar-refractivity contribution in [1.29, 1.82) is 0 Å². The SMILES string of the molecule is CN(CCC(=O)OC(C)(C)C)CCC(=O)OC(C)(C)C. The topological polar surface area (TPSA) is 55.8 Å². The number of nitrogens with zero attached hydrogens (tertiary/aromatic N) is 1. The lowest BCUT2D eigenvalue weighted by Crippen LogP contribution is -2.30. The number of ether oxygens (including phenoxy) is 2. The molecule has 0 fully saturated rings. The van der Waals surface area contributed by atoms with E-state index in [0.29, 0.717) is 25.9 Å². The third kappa shape index (κ3) is 12.0. The first-order valence-corrected chi connectivity index (χ1v) is 7.01. The highest BCUT2D eigenvalue weighted by molar-refractivity contribution is 5.70. The fourth-order valence-corrected chi connectivity index (χ4v) is 1.46. The molecule has 0 aromatic heterocycles. The van der Waals surface area contributed by atoms with Crippen molar-refractivity contribution in [2.45, 2.75) is 65.6 Å². The van der Waals surface area contributed by atoms with Crippen molar-refractivity contribution < 1.29 is 19.1 Å². The van der Waals surface area contributed by atoms with Gasteiger partial charge >= 0.3 is 11.9 Å². The smallest absolute Gasteiger partial charge is 0.307 e. The normalized spacial score (nSPS) is 12.4. The quantitative estimate of drug-likeness (QED) is 0.702. The van der Waals surface area contributed by atoms with Crippen LogP contribution in [0.5, 0.6) is 0 Å². The van der Waals surface area contributed by atoms with E-state index < -0.39 is 11.2 Å². The molecule has 0 aliphatic heterocycles. The van der Waals surface area contributed by atoms with Crippen LogP contribution in [-0.4, -0.2) is 48.2 Å². The average Bonchev–Trinajstić information content (AvgIpc) is 2.18. The molecule has 0 bridgehead atoms. The molecule has 118 valence electrons. The summed E-state index contributed by atoms with van der Waals surface area (Å²) in [5.74, 6) is -0.441. The van der Waals surface area contributed by atoms with Crippen LogP contribution >= 0.6 is 0 Å². The second-order valence-corrected chi connectivity index (χ2v) is 6.98. The van der Waals surface area contributed by atoms with E-state index in [0.717, 1.165) is 0 Å². The lowest BCUT2D eigenvalue weighted by molar-refractivity contribution is -0.155. The van der Waals surface area contributed by atoms with Gasteiger partial charge in [-0.15, -0.1) is 0 Å². The van der Waals surface area contributed by atoms with Gasteiger partial charge in [-0.25, -0.2) is 0 Å². The van der Waals surface area contributed by atoms with E-state index >= 15 is 0 Å². The molecule has 0 rings (SSSR count). The maximum atomic E-state index is 11.5. The number of carbonyl (C=O) groups is 2. The highest BCUT2D eigenvalue weighted by Crippen LogP contribution is 2.09. The van der Waals surface area contributed by atoms with Gasteiger partial charge in [-0.05, 0) is 48.6 Å². The summed E-state index contributed by atoms with van der Waals surface area (Å²) in [5.41, 5.74) is -0.904. The average molecular weight is 287 g/mol. The molecule has 0 heterocycles. The van der Waals surface area contributed by atoms with Gasteiger partial charge in [0.25, 0.3) is 0 Å². The summed E-state index contributed by atoms with van der Waals surface area (Å²) in [6, 6.07) is 0. The molecule has 0 unspecified atom stereocenters. The molecule has 0 spiro atoms. The predicted molar refractivity (Wildman–Crippen MR) is 78.4 cm³/mol. The summed E-state index contributed by atoms with van der Waals surface area (Å²) in [6.07, 6.45) is 0.643. The molecule has 0 amide bonds. The van der Waals surface area contributed by atoms with Crippen LogP contribution in [0.3, 0.4) is 0 Å². The first kappa shape index (κ1) is 18.9. The Labute approximate surface area is 122 Å². The van der Waals surface area contributed by atoms with Gasteiger partial charge in [-0.1, -0.05) is 0 Å². The molecule has 0 aromatic rings. The van der Waals surface area contributed by atoms with E-state index in [1.54, 1.807) is 0 Å². The van der Waals surface area contributed by atoms with Crippen molar-refractivity contribution in [3.63, 3.8) is 0 Å². The Hall–Kier alpha value is -1.10. The summed E-state index contributed by atoms with van der Waals surface area (Å²) in [4.78, 5) is 25.0. The molecular weight excluding hydrogens is 258 g/mol. The van der Waals surface area contributed by atoms with Gasteiger partial charge in [0, 0.05) is 13.1 Å². The number of hydrogen-bond donors (Lipinski definition) is 0. The molecule has 0 N–H and O–H groups in total. The van der Waals surface area contributed by atoms with Crippen LogP contribution in [-0.2, 0) is 19.1 Å². The van der Waals surface area contributed by atoms with Gasteiger partial charge in [0.1, 0.15) is 11.2 Å². The van der Waals surface area contributed by atoms with Crippen molar-refractivity contribution in [2.24, 2.45) is 0 Å². The zero-order chi connectivity index (χ0) is 16.0. The Kier molecular flexibility index (Phi) is 7.20. The van der Waals surface area contributed by atoms with Crippen molar-refractivity contribution in [3.05, 3.63) is 0 Å². The fraction of sp³-hybridized carbons (Fsp3) is 0.867. The molecule has 0 saturated carbocycles. The maximum absolute atomic E-state index is 11.5. The van der Waals surface area contributed by atoms with Crippen LogP contribution in [0.1, 0.15) is 54.4 Å². The van der Waals surface area contributed by atoms with E-state index in [4.69, 9.17) is 9.47 Å². The Balaban J connectivity index is 3.87. The first-order chi connectivity index (χ1) is 8.89. The molecule has 0 saturated heterocycles. The monoisotopic (exact) mass is 287 g/mol. The summed E-state index contributed by atoms with van der Waals surface area (Å²) in [7, 11) is 1.87. The highest BCUT2D eigenvalue weighted by Gasteiger charge is 2.18. The maximum Gasteiger partial charge on any atom is 0.307 e. The Morgan fingerprint density at radius 2 is 1.10 bits per heavy atom. The molecular formula is C15H29NO4. The standard InChI is InChI=1S/C15H29NO4/c1-14(2,3)19-12(17)8-10-16(7)11-9-13(18)20-15(4,5)6/h8-11H2,1-7H3. The molecule has 20 heavy (non-hydrogen) atoms. The summed E-state index contributed by atoms with van der Waals surface area (Å²) < 4.78 is 10.4. The van der Waals surface area contributed by atoms with Gasteiger partial charge in [-0.2, -0.15) is 0 Å². The van der Waals surface area contributed by atoms with Gasteiger partial charge < -0.3 is 14.4 Å². The molecule has 5 nitrogen and oxygen atoms in total.